The van der Waals surface area contributed by atoms with Crippen LogP contribution in [0.25, 0.3) is 0 Å². The first kappa shape index (κ1) is 15.7. The highest BCUT2D eigenvalue weighted by atomic mass is 16.5. The van der Waals surface area contributed by atoms with E-state index in [0.717, 1.165) is 19.3 Å². The lowest BCUT2D eigenvalue weighted by molar-refractivity contribution is -0.138. The molecule has 3 atom stereocenters. The number of nitrogens with two attached hydrogens (primary N) is 1. The van der Waals surface area contributed by atoms with Gasteiger partial charge < -0.3 is 15.6 Å². The summed E-state index contributed by atoms with van der Waals surface area (Å²) < 4.78 is 5.36. The van der Waals surface area contributed by atoms with Crippen molar-refractivity contribution in [2.75, 3.05) is 6.61 Å². The molecule has 5 heteroatoms. The van der Waals surface area contributed by atoms with Crippen LogP contribution < -0.4 is 5.73 Å². The Balaban J connectivity index is 2.14. The standard InChI is InChI=1S/C14H21NO4/c1-2-10-8-9-19-13(10)12(16)7-5-3-4-6-11(15)14(17)18/h1,10-11,13H,3-9,15H2,(H,17,18). The Morgan fingerprint density at radius 1 is 1.42 bits per heavy atom. The van der Waals surface area contributed by atoms with Crippen molar-refractivity contribution < 1.29 is 19.4 Å². The van der Waals surface area contributed by atoms with E-state index < -0.39 is 18.1 Å². The molecule has 0 aliphatic carbocycles. The van der Waals surface area contributed by atoms with Crippen LogP contribution in [-0.2, 0) is 14.3 Å². The number of carbonyl (C=O) groups is 2. The molecule has 5 nitrogen and oxygen atoms in total. The fraction of sp³-hybridized carbons (Fsp3) is 0.714. The summed E-state index contributed by atoms with van der Waals surface area (Å²) in [7, 11) is 0. The van der Waals surface area contributed by atoms with Crippen molar-refractivity contribution in [2.24, 2.45) is 11.7 Å². The van der Waals surface area contributed by atoms with Crippen LogP contribution in [0.15, 0.2) is 0 Å². The average Bonchev–Trinajstić information content (AvgIpc) is 2.85. The molecule has 106 valence electrons. The number of carboxylic acids is 1. The lowest BCUT2D eigenvalue weighted by atomic mass is 9.96. The van der Waals surface area contributed by atoms with E-state index in [1.54, 1.807) is 0 Å². The van der Waals surface area contributed by atoms with Crippen molar-refractivity contribution in [3.8, 4) is 12.3 Å². The van der Waals surface area contributed by atoms with Gasteiger partial charge >= 0.3 is 5.97 Å². The topological polar surface area (TPSA) is 89.6 Å². The van der Waals surface area contributed by atoms with E-state index in [9.17, 15) is 9.59 Å². The monoisotopic (exact) mass is 267 g/mol. The number of carbonyl (C=O) groups excluding carboxylic acids is 1. The van der Waals surface area contributed by atoms with Gasteiger partial charge in [-0.3, -0.25) is 9.59 Å². The Kier molecular flexibility index (Phi) is 6.54. The molecule has 0 spiro atoms. The molecule has 1 heterocycles. The molecule has 0 amide bonds. The van der Waals surface area contributed by atoms with Gasteiger partial charge in [0.1, 0.15) is 12.1 Å². The molecule has 0 aromatic heterocycles. The van der Waals surface area contributed by atoms with Crippen molar-refractivity contribution >= 4 is 11.8 Å². The number of carboxylic acid groups (broad SMARTS) is 1. The lowest BCUT2D eigenvalue weighted by Crippen LogP contribution is -2.29. The fourth-order valence-electron chi connectivity index (χ4n) is 2.18. The maximum atomic E-state index is 11.9. The summed E-state index contributed by atoms with van der Waals surface area (Å²) in [5.41, 5.74) is 5.39. The van der Waals surface area contributed by atoms with E-state index >= 15 is 0 Å². The number of hydrogen-bond donors (Lipinski definition) is 2. The van der Waals surface area contributed by atoms with E-state index in [1.165, 1.54) is 0 Å². The fourth-order valence-corrected chi connectivity index (χ4v) is 2.18. The van der Waals surface area contributed by atoms with E-state index in [0.29, 0.717) is 25.9 Å². The van der Waals surface area contributed by atoms with Crippen LogP contribution in [0, 0.1) is 18.3 Å². The zero-order valence-corrected chi connectivity index (χ0v) is 11.0. The van der Waals surface area contributed by atoms with E-state index in [4.69, 9.17) is 22.0 Å². The minimum Gasteiger partial charge on any atom is -0.480 e. The highest BCUT2D eigenvalue weighted by Gasteiger charge is 2.31. The molecular formula is C14H21NO4. The molecule has 3 N–H and O–H groups in total. The smallest absolute Gasteiger partial charge is 0.320 e. The number of terminal acetylenes is 1. The third-order valence-corrected chi connectivity index (χ3v) is 3.38. The Hall–Kier alpha value is -1.38. The Morgan fingerprint density at radius 3 is 2.79 bits per heavy atom. The second-order valence-electron chi connectivity index (χ2n) is 4.86. The molecule has 0 bridgehead atoms. The average molecular weight is 267 g/mol. The molecule has 1 rings (SSSR count). The summed E-state index contributed by atoms with van der Waals surface area (Å²) in [6.07, 6.45) is 8.77. The summed E-state index contributed by atoms with van der Waals surface area (Å²) in [6, 6.07) is -0.806. The molecule has 0 aromatic carbocycles. The number of Topliss-reactive ketones (excluding diaryl/α,β-unsaturated/α-hetero) is 1. The van der Waals surface area contributed by atoms with Crippen LogP contribution in [0.2, 0.25) is 0 Å². The van der Waals surface area contributed by atoms with Crippen molar-refractivity contribution in [2.45, 2.75) is 50.7 Å². The van der Waals surface area contributed by atoms with Gasteiger partial charge in [0.05, 0.1) is 5.92 Å². The van der Waals surface area contributed by atoms with Crippen molar-refractivity contribution in [1.29, 1.82) is 0 Å². The van der Waals surface area contributed by atoms with E-state index in [2.05, 4.69) is 5.92 Å². The predicted octanol–water partition coefficient (Wildman–Crippen LogP) is 0.956. The van der Waals surface area contributed by atoms with Gasteiger partial charge in [0.2, 0.25) is 0 Å². The highest BCUT2D eigenvalue weighted by Crippen LogP contribution is 2.22. The summed E-state index contributed by atoms with van der Waals surface area (Å²) in [4.78, 5) is 22.4. The Morgan fingerprint density at radius 2 is 2.16 bits per heavy atom. The van der Waals surface area contributed by atoms with Crippen molar-refractivity contribution in [1.82, 2.24) is 0 Å². The van der Waals surface area contributed by atoms with Gasteiger partial charge in [-0.25, -0.2) is 0 Å². The zero-order valence-electron chi connectivity index (χ0n) is 11.0. The summed E-state index contributed by atoms with van der Waals surface area (Å²) >= 11 is 0. The van der Waals surface area contributed by atoms with E-state index in [-0.39, 0.29) is 11.7 Å². The van der Waals surface area contributed by atoms with Gasteiger partial charge in [-0.15, -0.1) is 12.3 Å². The van der Waals surface area contributed by atoms with Gasteiger partial charge in [-0.1, -0.05) is 12.8 Å². The van der Waals surface area contributed by atoms with Crippen molar-refractivity contribution in [3.05, 3.63) is 0 Å². The number of hydrogen-bond acceptors (Lipinski definition) is 4. The first-order valence-electron chi connectivity index (χ1n) is 6.65. The molecule has 1 aliphatic heterocycles. The molecular weight excluding hydrogens is 246 g/mol. The Labute approximate surface area is 113 Å². The molecule has 0 aromatic rings. The molecule has 19 heavy (non-hydrogen) atoms. The third kappa shape index (κ3) is 5.01. The molecule has 3 unspecified atom stereocenters. The van der Waals surface area contributed by atoms with Crippen molar-refractivity contribution in [3.63, 3.8) is 0 Å². The van der Waals surface area contributed by atoms with Crippen LogP contribution in [0.3, 0.4) is 0 Å². The van der Waals surface area contributed by atoms with Crippen LogP contribution >= 0.6 is 0 Å². The van der Waals surface area contributed by atoms with Gasteiger partial charge in [0, 0.05) is 13.0 Å². The van der Waals surface area contributed by atoms with Crippen LogP contribution in [0.5, 0.6) is 0 Å². The third-order valence-electron chi connectivity index (χ3n) is 3.38. The predicted molar refractivity (Wildman–Crippen MR) is 70.4 cm³/mol. The quantitative estimate of drug-likeness (QED) is 0.505. The minimum atomic E-state index is -0.979. The van der Waals surface area contributed by atoms with Crippen LogP contribution in [0.1, 0.15) is 38.5 Å². The van der Waals surface area contributed by atoms with Crippen LogP contribution in [0.4, 0.5) is 0 Å². The summed E-state index contributed by atoms with van der Waals surface area (Å²) in [5, 5.41) is 8.61. The maximum absolute atomic E-state index is 11.9. The number of rotatable bonds is 8. The first-order valence-corrected chi connectivity index (χ1v) is 6.65. The molecule has 0 saturated carbocycles. The molecule has 1 saturated heterocycles. The molecule has 1 aliphatic rings. The number of ether oxygens (including phenoxy) is 1. The van der Waals surface area contributed by atoms with Gasteiger partial charge in [0.25, 0.3) is 0 Å². The minimum absolute atomic E-state index is 0.0583. The second-order valence-corrected chi connectivity index (χ2v) is 4.86. The SMILES string of the molecule is C#CC1CCOC1C(=O)CCCCCC(N)C(=O)O. The van der Waals surface area contributed by atoms with Gasteiger partial charge in [0.15, 0.2) is 5.78 Å². The molecule has 1 fully saturated rings. The number of unbranched alkanes of at least 4 members (excludes halogenated alkanes) is 2. The largest absolute Gasteiger partial charge is 0.480 e. The summed E-state index contributed by atoms with van der Waals surface area (Å²) in [6.45, 7) is 0.554. The van der Waals surface area contributed by atoms with Crippen LogP contribution in [-0.4, -0.2) is 35.6 Å². The van der Waals surface area contributed by atoms with Gasteiger partial charge in [-0.05, 0) is 19.3 Å². The lowest BCUT2D eigenvalue weighted by Gasteiger charge is -2.12. The first-order chi connectivity index (χ1) is 9.06. The highest BCUT2D eigenvalue weighted by molar-refractivity contribution is 5.84. The van der Waals surface area contributed by atoms with Gasteiger partial charge in [-0.2, -0.15) is 0 Å². The second kappa shape index (κ2) is 7.93. The maximum Gasteiger partial charge on any atom is 0.320 e. The Bertz CT molecular complexity index is 361. The van der Waals surface area contributed by atoms with E-state index in [1.807, 2.05) is 0 Å². The number of ketones is 1. The summed E-state index contributed by atoms with van der Waals surface area (Å²) in [5.74, 6) is 1.59. The normalized spacial score (nSPS) is 23.8. The molecule has 0 radical (unpaired) electrons. The number of aliphatic carboxylic acids is 1. The zero-order chi connectivity index (χ0) is 14.3.